The molecule has 0 aromatic rings. The molecular weight excluding hydrogens is 162 g/mol. The van der Waals surface area contributed by atoms with E-state index in [2.05, 4.69) is 14.1 Å². The number of nitrogens with zero attached hydrogens (tertiary/aromatic N) is 1. The van der Waals surface area contributed by atoms with E-state index < -0.39 is 0 Å². The smallest absolute Gasteiger partial charge is 0.0833 e. The topological polar surface area (TPSA) is 9.23 Å². The van der Waals surface area contributed by atoms with Crippen LogP contribution in [0.3, 0.4) is 0 Å². The first kappa shape index (κ1) is 12.9. The number of quaternary nitrogens is 1. The van der Waals surface area contributed by atoms with Crippen molar-refractivity contribution in [1.29, 1.82) is 0 Å². The summed E-state index contributed by atoms with van der Waals surface area (Å²) >= 11 is 0. The molecule has 0 spiro atoms. The zero-order valence-electron chi connectivity index (χ0n) is 9.97. The average Bonchev–Trinajstić information content (AvgIpc) is 2.07. The molecule has 80 valence electrons. The van der Waals surface area contributed by atoms with E-state index in [-0.39, 0.29) is 0 Å². The molecule has 0 radical (unpaired) electrons. The van der Waals surface area contributed by atoms with Crippen molar-refractivity contribution in [2.75, 3.05) is 40.9 Å². The third kappa shape index (κ3) is 5.27. The van der Waals surface area contributed by atoms with Gasteiger partial charge in [-0.05, 0) is 12.8 Å². The van der Waals surface area contributed by atoms with Crippen LogP contribution in [-0.2, 0) is 4.74 Å². The van der Waals surface area contributed by atoms with Gasteiger partial charge in [-0.2, -0.15) is 0 Å². The maximum atomic E-state index is 5.16. The maximum Gasteiger partial charge on any atom is 0.0833 e. The molecule has 0 bridgehead atoms. The normalized spacial score (nSPS) is 26.1. The fourth-order valence-corrected chi connectivity index (χ4v) is 2.06. The van der Waals surface area contributed by atoms with E-state index in [1.807, 2.05) is 13.8 Å². The number of piperidine rings is 1. The molecule has 0 N–H and O–H groups in total. The summed E-state index contributed by atoms with van der Waals surface area (Å²) in [5.41, 5.74) is 0. The molecule has 0 saturated carbocycles. The molecule has 0 amide bonds. The lowest BCUT2D eigenvalue weighted by atomic mass is 9.98. The third-order valence-electron chi connectivity index (χ3n) is 2.53. The molecule has 13 heavy (non-hydrogen) atoms. The van der Waals surface area contributed by atoms with Crippen LogP contribution in [0, 0.1) is 5.92 Å². The number of likely N-dealkylation sites (tertiary alicyclic amines) is 1. The molecule has 2 heteroatoms. The van der Waals surface area contributed by atoms with Crippen LogP contribution in [0.15, 0.2) is 0 Å². The lowest BCUT2D eigenvalue weighted by molar-refractivity contribution is -0.898. The van der Waals surface area contributed by atoms with Gasteiger partial charge < -0.3 is 9.22 Å². The van der Waals surface area contributed by atoms with Gasteiger partial charge in [0.05, 0.1) is 33.8 Å². The fourth-order valence-electron chi connectivity index (χ4n) is 2.06. The summed E-state index contributed by atoms with van der Waals surface area (Å²) < 4.78 is 6.34. The lowest BCUT2D eigenvalue weighted by Crippen LogP contribution is -2.48. The predicted molar refractivity (Wildman–Crippen MR) is 57.8 cm³/mol. The van der Waals surface area contributed by atoms with E-state index in [1.54, 1.807) is 7.11 Å². The van der Waals surface area contributed by atoms with Gasteiger partial charge in [-0.3, -0.25) is 0 Å². The van der Waals surface area contributed by atoms with Crippen molar-refractivity contribution in [3.63, 3.8) is 0 Å². The minimum absolute atomic E-state index is 0.795. The Kier molecular flexibility index (Phi) is 6.35. The largest absolute Gasteiger partial charge is 0.384 e. The minimum atomic E-state index is 0.795. The molecule has 0 aromatic heterocycles. The van der Waals surface area contributed by atoms with Crippen molar-refractivity contribution < 1.29 is 9.22 Å². The van der Waals surface area contributed by atoms with E-state index in [0.717, 1.165) is 12.5 Å². The van der Waals surface area contributed by atoms with Crippen molar-refractivity contribution in [1.82, 2.24) is 0 Å². The van der Waals surface area contributed by atoms with E-state index in [9.17, 15) is 0 Å². The van der Waals surface area contributed by atoms with Crippen molar-refractivity contribution in [2.24, 2.45) is 5.92 Å². The van der Waals surface area contributed by atoms with Gasteiger partial charge in [0, 0.05) is 13.0 Å². The van der Waals surface area contributed by atoms with Crippen molar-refractivity contribution >= 4 is 0 Å². The summed E-state index contributed by atoms with van der Waals surface area (Å²) in [5, 5.41) is 0. The average molecular weight is 188 g/mol. The highest BCUT2D eigenvalue weighted by atomic mass is 16.5. The number of hydrogen-bond donors (Lipinski definition) is 0. The summed E-state index contributed by atoms with van der Waals surface area (Å²) in [4.78, 5) is 0. The zero-order valence-corrected chi connectivity index (χ0v) is 9.97. The number of methoxy groups -OCH3 is 1. The molecule has 0 aromatic carbocycles. The van der Waals surface area contributed by atoms with Gasteiger partial charge in [-0.1, -0.05) is 13.8 Å². The lowest BCUT2D eigenvalue weighted by Gasteiger charge is -2.37. The summed E-state index contributed by atoms with van der Waals surface area (Å²) in [5.74, 6) is 0.795. The molecule has 2 nitrogen and oxygen atoms in total. The highest BCUT2D eigenvalue weighted by Gasteiger charge is 2.26. The van der Waals surface area contributed by atoms with Crippen LogP contribution in [0.1, 0.15) is 26.7 Å². The summed E-state index contributed by atoms with van der Waals surface area (Å²) in [6, 6.07) is 0. The van der Waals surface area contributed by atoms with Crippen LogP contribution in [0.5, 0.6) is 0 Å². The molecule has 1 aliphatic heterocycles. The molecule has 1 saturated heterocycles. The Morgan fingerprint density at radius 2 is 1.92 bits per heavy atom. The van der Waals surface area contributed by atoms with E-state index in [0.29, 0.717) is 0 Å². The van der Waals surface area contributed by atoms with Crippen LogP contribution in [-0.4, -0.2) is 45.4 Å². The van der Waals surface area contributed by atoms with Gasteiger partial charge in [0.1, 0.15) is 0 Å². The predicted octanol–water partition coefficient (Wildman–Crippen LogP) is 2.15. The van der Waals surface area contributed by atoms with Crippen LogP contribution < -0.4 is 0 Å². The highest BCUT2D eigenvalue weighted by Crippen LogP contribution is 2.19. The van der Waals surface area contributed by atoms with Crippen LogP contribution in [0.4, 0.5) is 0 Å². The molecule has 1 rings (SSSR count). The molecule has 1 heterocycles. The zero-order chi connectivity index (χ0) is 10.3. The fraction of sp³-hybridized carbons (Fsp3) is 1.00. The minimum Gasteiger partial charge on any atom is -0.384 e. The standard InChI is InChI=1S/C9H20NO.C2H6/c1-10(2)6-4-5-9(7-10)8-11-3;1-2/h9H,4-8H2,1-3H3;1-2H3/q+1;. The Labute approximate surface area is 83.5 Å². The second kappa shape index (κ2) is 6.39. The number of rotatable bonds is 2. The Morgan fingerprint density at radius 3 is 2.38 bits per heavy atom. The van der Waals surface area contributed by atoms with Gasteiger partial charge in [-0.15, -0.1) is 0 Å². The van der Waals surface area contributed by atoms with Crippen molar-refractivity contribution in [3.05, 3.63) is 0 Å². The summed E-state index contributed by atoms with van der Waals surface area (Å²) in [7, 11) is 6.41. The van der Waals surface area contributed by atoms with Crippen LogP contribution >= 0.6 is 0 Å². The van der Waals surface area contributed by atoms with Crippen LogP contribution in [0.25, 0.3) is 0 Å². The monoisotopic (exact) mass is 188 g/mol. The Morgan fingerprint density at radius 1 is 1.31 bits per heavy atom. The summed E-state index contributed by atoms with van der Waals surface area (Å²) in [6.45, 7) is 7.57. The maximum absolute atomic E-state index is 5.16. The Balaban J connectivity index is 0.000000671. The molecule has 0 aliphatic carbocycles. The van der Waals surface area contributed by atoms with E-state index in [4.69, 9.17) is 4.74 Å². The van der Waals surface area contributed by atoms with E-state index in [1.165, 1.54) is 30.4 Å². The van der Waals surface area contributed by atoms with Gasteiger partial charge in [0.25, 0.3) is 0 Å². The first-order valence-electron chi connectivity index (χ1n) is 5.45. The molecule has 1 atom stereocenters. The second-order valence-corrected chi connectivity index (χ2v) is 4.31. The first-order valence-corrected chi connectivity index (χ1v) is 5.45. The summed E-state index contributed by atoms with van der Waals surface area (Å²) in [6.07, 6.45) is 2.72. The number of ether oxygens (including phenoxy) is 1. The molecule has 1 aliphatic rings. The third-order valence-corrected chi connectivity index (χ3v) is 2.53. The van der Waals surface area contributed by atoms with Gasteiger partial charge in [0.2, 0.25) is 0 Å². The van der Waals surface area contributed by atoms with Crippen molar-refractivity contribution in [3.8, 4) is 0 Å². The second-order valence-electron chi connectivity index (χ2n) is 4.31. The Bertz CT molecular complexity index is 121. The van der Waals surface area contributed by atoms with Gasteiger partial charge >= 0.3 is 0 Å². The van der Waals surface area contributed by atoms with Gasteiger partial charge in [0.15, 0.2) is 0 Å². The SMILES string of the molecule is CC.COCC1CCC[N+](C)(C)C1. The molecule has 1 unspecified atom stereocenters. The number of hydrogen-bond acceptors (Lipinski definition) is 1. The van der Waals surface area contributed by atoms with E-state index >= 15 is 0 Å². The Hall–Kier alpha value is -0.0800. The van der Waals surface area contributed by atoms with Crippen LogP contribution in [0.2, 0.25) is 0 Å². The molecule has 1 fully saturated rings. The quantitative estimate of drug-likeness (QED) is 0.603. The van der Waals surface area contributed by atoms with Gasteiger partial charge in [-0.25, -0.2) is 0 Å². The highest BCUT2D eigenvalue weighted by molar-refractivity contribution is 4.62. The molecular formula is C11H26NO+. The first-order chi connectivity index (χ1) is 6.14. The van der Waals surface area contributed by atoms with Crippen molar-refractivity contribution in [2.45, 2.75) is 26.7 Å².